The number of fused-ring (bicyclic) bond motifs is 1. The molecular weight excluding hydrogens is 410 g/mol. The molecule has 2 aliphatic rings. The van der Waals surface area contributed by atoms with E-state index in [2.05, 4.69) is 17.0 Å². The zero-order chi connectivity index (χ0) is 22.5. The fourth-order valence-corrected chi connectivity index (χ4v) is 4.88. The van der Waals surface area contributed by atoms with E-state index in [1.165, 1.54) is 17.2 Å². The SMILES string of the molecule is CC(=O)N1CCCc2ccc(OCCCN3CCC(c4ccc(F)cc4F)CC3)cc2C1. The van der Waals surface area contributed by atoms with Crippen molar-refractivity contribution in [3.8, 4) is 5.75 Å². The van der Waals surface area contributed by atoms with Gasteiger partial charge in [0.25, 0.3) is 0 Å². The lowest BCUT2D eigenvalue weighted by Gasteiger charge is -2.32. The third-order valence-electron chi connectivity index (χ3n) is 6.74. The minimum absolute atomic E-state index is 0.120. The summed E-state index contributed by atoms with van der Waals surface area (Å²) in [6.07, 6.45) is 4.70. The molecule has 172 valence electrons. The number of hydrogen-bond donors (Lipinski definition) is 0. The van der Waals surface area contributed by atoms with Crippen LogP contribution in [-0.4, -0.2) is 48.5 Å². The molecule has 0 spiro atoms. The molecule has 0 bridgehead atoms. The van der Waals surface area contributed by atoms with Crippen molar-refractivity contribution in [1.29, 1.82) is 0 Å². The van der Waals surface area contributed by atoms with Crippen LogP contribution in [0.3, 0.4) is 0 Å². The molecule has 0 aliphatic carbocycles. The Morgan fingerprint density at radius 2 is 1.88 bits per heavy atom. The molecule has 0 saturated carbocycles. The van der Waals surface area contributed by atoms with Gasteiger partial charge in [0.1, 0.15) is 17.4 Å². The molecule has 1 amide bonds. The average molecular weight is 443 g/mol. The number of benzene rings is 2. The van der Waals surface area contributed by atoms with Crippen LogP contribution < -0.4 is 4.74 Å². The molecule has 0 N–H and O–H groups in total. The van der Waals surface area contributed by atoms with E-state index in [1.54, 1.807) is 13.0 Å². The van der Waals surface area contributed by atoms with E-state index in [9.17, 15) is 13.6 Å². The van der Waals surface area contributed by atoms with Crippen molar-refractivity contribution in [3.63, 3.8) is 0 Å². The lowest BCUT2D eigenvalue weighted by Crippen LogP contribution is -2.34. The molecule has 2 aromatic rings. The number of carbonyl (C=O) groups excluding carboxylic acids is 1. The Kier molecular flexibility index (Phi) is 7.40. The average Bonchev–Trinajstić information content (AvgIpc) is 3.00. The zero-order valence-electron chi connectivity index (χ0n) is 18.8. The Bertz CT molecular complexity index is 941. The van der Waals surface area contributed by atoms with Gasteiger partial charge in [-0.05, 0) is 86.0 Å². The smallest absolute Gasteiger partial charge is 0.219 e. The second kappa shape index (κ2) is 10.4. The number of halogens is 2. The fraction of sp³-hybridized carbons (Fsp3) is 0.500. The molecule has 0 radical (unpaired) electrons. The summed E-state index contributed by atoms with van der Waals surface area (Å²) in [4.78, 5) is 16.1. The number of nitrogens with zero attached hydrogens (tertiary/aromatic N) is 2. The normalized spacial score (nSPS) is 17.7. The summed E-state index contributed by atoms with van der Waals surface area (Å²) < 4.78 is 33.2. The molecule has 4 nitrogen and oxygen atoms in total. The third kappa shape index (κ3) is 5.66. The standard InChI is InChI=1S/C26H32F2N2O2/c1-19(31)30-12-2-4-20-5-7-24(16-22(20)18-30)32-15-3-11-29-13-9-21(10-14-29)25-8-6-23(27)17-26(25)28/h5-8,16-17,21H,2-4,9-15,18H2,1H3. The largest absolute Gasteiger partial charge is 0.494 e. The lowest BCUT2D eigenvalue weighted by atomic mass is 9.89. The second-order valence-electron chi connectivity index (χ2n) is 8.96. The lowest BCUT2D eigenvalue weighted by molar-refractivity contribution is -0.129. The predicted molar refractivity (Wildman–Crippen MR) is 121 cm³/mol. The van der Waals surface area contributed by atoms with Crippen LogP contribution in [0.25, 0.3) is 0 Å². The van der Waals surface area contributed by atoms with E-state index < -0.39 is 11.6 Å². The maximum absolute atomic E-state index is 14.0. The second-order valence-corrected chi connectivity index (χ2v) is 8.96. The molecule has 0 atom stereocenters. The molecule has 2 aromatic carbocycles. The van der Waals surface area contributed by atoms with E-state index in [1.807, 2.05) is 11.0 Å². The monoisotopic (exact) mass is 442 g/mol. The summed E-state index contributed by atoms with van der Waals surface area (Å²) in [6.45, 7) is 6.52. The molecule has 0 unspecified atom stereocenters. The molecule has 1 fully saturated rings. The van der Waals surface area contributed by atoms with Crippen LogP contribution in [0.15, 0.2) is 36.4 Å². The number of hydrogen-bond acceptors (Lipinski definition) is 3. The zero-order valence-corrected chi connectivity index (χ0v) is 18.8. The number of aryl methyl sites for hydroxylation is 1. The van der Waals surface area contributed by atoms with Crippen LogP contribution in [0, 0.1) is 11.6 Å². The number of ether oxygens (including phenoxy) is 1. The summed E-state index contributed by atoms with van der Waals surface area (Å²) >= 11 is 0. The van der Waals surface area contributed by atoms with Gasteiger partial charge >= 0.3 is 0 Å². The van der Waals surface area contributed by atoms with Crippen LogP contribution in [-0.2, 0) is 17.8 Å². The maximum atomic E-state index is 14.0. The molecule has 4 rings (SSSR count). The van der Waals surface area contributed by atoms with Gasteiger partial charge in [0, 0.05) is 32.6 Å². The van der Waals surface area contributed by atoms with E-state index in [4.69, 9.17) is 4.74 Å². The number of carbonyl (C=O) groups is 1. The number of rotatable bonds is 6. The highest BCUT2D eigenvalue weighted by atomic mass is 19.1. The fourth-order valence-electron chi connectivity index (χ4n) is 4.88. The Labute approximate surface area is 189 Å². The molecule has 0 aromatic heterocycles. The minimum Gasteiger partial charge on any atom is -0.494 e. The number of amides is 1. The van der Waals surface area contributed by atoms with Crippen LogP contribution in [0.4, 0.5) is 8.78 Å². The van der Waals surface area contributed by atoms with Gasteiger partial charge in [-0.25, -0.2) is 8.78 Å². The molecule has 2 aliphatic heterocycles. The van der Waals surface area contributed by atoms with Gasteiger partial charge in [0.05, 0.1) is 6.61 Å². The van der Waals surface area contributed by atoms with Crippen LogP contribution in [0.5, 0.6) is 5.75 Å². The van der Waals surface area contributed by atoms with Crippen LogP contribution in [0.2, 0.25) is 0 Å². The van der Waals surface area contributed by atoms with E-state index in [-0.39, 0.29) is 11.8 Å². The Morgan fingerprint density at radius 1 is 1.06 bits per heavy atom. The van der Waals surface area contributed by atoms with Crippen molar-refractivity contribution in [3.05, 3.63) is 64.7 Å². The quantitative estimate of drug-likeness (QED) is 0.596. The Morgan fingerprint density at radius 3 is 2.62 bits per heavy atom. The van der Waals surface area contributed by atoms with Crippen molar-refractivity contribution in [2.24, 2.45) is 0 Å². The first-order chi connectivity index (χ1) is 15.5. The van der Waals surface area contributed by atoms with Crippen molar-refractivity contribution >= 4 is 5.91 Å². The van der Waals surface area contributed by atoms with Gasteiger partial charge in [-0.15, -0.1) is 0 Å². The third-order valence-corrected chi connectivity index (χ3v) is 6.74. The first kappa shape index (κ1) is 22.7. The first-order valence-corrected chi connectivity index (χ1v) is 11.7. The highest BCUT2D eigenvalue weighted by molar-refractivity contribution is 5.73. The van der Waals surface area contributed by atoms with Gasteiger partial charge in [0.15, 0.2) is 0 Å². The molecule has 2 heterocycles. The van der Waals surface area contributed by atoms with Crippen LogP contribution in [0.1, 0.15) is 55.2 Å². The summed E-state index contributed by atoms with van der Waals surface area (Å²) in [6, 6.07) is 10.2. The highest BCUT2D eigenvalue weighted by Gasteiger charge is 2.23. The summed E-state index contributed by atoms with van der Waals surface area (Å²) in [5.74, 6) is 0.199. The highest BCUT2D eigenvalue weighted by Crippen LogP contribution is 2.30. The van der Waals surface area contributed by atoms with Crippen molar-refractivity contribution in [1.82, 2.24) is 9.80 Å². The van der Waals surface area contributed by atoms with Gasteiger partial charge < -0.3 is 14.5 Å². The number of piperidine rings is 1. The topological polar surface area (TPSA) is 32.8 Å². The Hall–Kier alpha value is -2.47. The van der Waals surface area contributed by atoms with Crippen molar-refractivity contribution in [2.75, 3.05) is 32.8 Å². The van der Waals surface area contributed by atoms with Gasteiger partial charge in [-0.3, -0.25) is 4.79 Å². The maximum Gasteiger partial charge on any atom is 0.219 e. The first-order valence-electron chi connectivity index (χ1n) is 11.7. The summed E-state index contributed by atoms with van der Waals surface area (Å²) in [5, 5.41) is 0. The van der Waals surface area contributed by atoms with E-state index in [0.29, 0.717) is 18.7 Å². The van der Waals surface area contributed by atoms with Crippen LogP contribution >= 0.6 is 0 Å². The van der Waals surface area contributed by atoms with Crippen molar-refractivity contribution < 1.29 is 18.3 Å². The number of likely N-dealkylation sites (tertiary alicyclic amines) is 1. The van der Waals surface area contributed by atoms with Gasteiger partial charge in [-0.2, -0.15) is 0 Å². The Balaban J connectivity index is 1.21. The van der Waals surface area contributed by atoms with Crippen molar-refractivity contribution in [2.45, 2.75) is 51.5 Å². The molecular formula is C26H32F2N2O2. The van der Waals surface area contributed by atoms with E-state index in [0.717, 1.165) is 70.1 Å². The van der Waals surface area contributed by atoms with Gasteiger partial charge in [0.2, 0.25) is 5.91 Å². The van der Waals surface area contributed by atoms with Gasteiger partial charge in [-0.1, -0.05) is 12.1 Å². The summed E-state index contributed by atoms with van der Waals surface area (Å²) in [7, 11) is 0. The predicted octanol–water partition coefficient (Wildman–Crippen LogP) is 4.91. The van der Waals surface area contributed by atoms with E-state index >= 15 is 0 Å². The minimum atomic E-state index is -0.519. The molecule has 6 heteroatoms. The molecule has 32 heavy (non-hydrogen) atoms. The molecule has 1 saturated heterocycles. The summed E-state index contributed by atoms with van der Waals surface area (Å²) in [5.41, 5.74) is 3.13.